The van der Waals surface area contributed by atoms with Gasteiger partial charge in [-0.3, -0.25) is 9.58 Å². The van der Waals surface area contributed by atoms with Crippen molar-refractivity contribution in [2.75, 3.05) is 32.9 Å². The lowest BCUT2D eigenvalue weighted by atomic mass is 9.75. The molecule has 1 N–H and O–H groups in total. The molecule has 116 valence electrons. The normalized spacial score (nSPS) is 29.5. The summed E-state index contributed by atoms with van der Waals surface area (Å²) in [6.45, 7) is 11.3. The molecule has 0 saturated carbocycles. The maximum atomic E-state index is 9.85. The number of aromatic nitrogens is 2. The van der Waals surface area contributed by atoms with E-state index in [9.17, 15) is 5.11 Å². The molecule has 3 heterocycles. The lowest BCUT2D eigenvalue weighted by Crippen LogP contribution is -2.41. The summed E-state index contributed by atoms with van der Waals surface area (Å²) in [5.41, 5.74) is 2.40. The summed E-state index contributed by atoms with van der Waals surface area (Å²) in [5, 5.41) is 14.4. The van der Waals surface area contributed by atoms with Gasteiger partial charge in [0.05, 0.1) is 25.5 Å². The van der Waals surface area contributed by atoms with E-state index in [1.165, 1.54) is 5.56 Å². The monoisotopic (exact) mass is 291 g/mol. The molecule has 0 aliphatic carbocycles. The molecule has 3 rings (SSSR count). The van der Waals surface area contributed by atoms with E-state index in [2.05, 4.69) is 29.7 Å². The number of aliphatic hydroxyl groups excluding tert-OH is 1. The Kier molecular flexibility index (Phi) is 4.15. The lowest BCUT2D eigenvalue weighted by Gasteiger charge is -2.36. The Labute approximate surface area is 126 Å². The van der Waals surface area contributed by atoms with E-state index in [0.717, 1.165) is 51.5 Å². The van der Waals surface area contributed by atoms with Crippen LogP contribution in [0.2, 0.25) is 0 Å². The zero-order valence-corrected chi connectivity index (χ0v) is 12.8. The van der Waals surface area contributed by atoms with Crippen molar-refractivity contribution in [1.82, 2.24) is 14.7 Å². The van der Waals surface area contributed by atoms with Gasteiger partial charge in [0.25, 0.3) is 0 Å². The van der Waals surface area contributed by atoms with E-state index < -0.39 is 0 Å². The van der Waals surface area contributed by atoms with E-state index in [4.69, 9.17) is 4.74 Å². The van der Waals surface area contributed by atoms with Gasteiger partial charge in [-0.1, -0.05) is 6.08 Å². The number of ether oxygens (including phenoxy) is 1. The number of likely N-dealkylation sites (tertiary alicyclic amines) is 1. The number of hydrogen-bond acceptors (Lipinski definition) is 4. The SMILES string of the molecule is C=CCn1cc(CN2C[C@@H]3COCC[C@]3(CO)C2)c(C)n1. The van der Waals surface area contributed by atoms with Gasteiger partial charge in [-0.05, 0) is 13.3 Å². The molecule has 2 aliphatic rings. The molecule has 5 heteroatoms. The molecule has 0 aromatic carbocycles. The summed E-state index contributed by atoms with van der Waals surface area (Å²) in [4.78, 5) is 2.44. The van der Waals surface area contributed by atoms with E-state index >= 15 is 0 Å². The smallest absolute Gasteiger partial charge is 0.0638 e. The maximum Gasteiger partial charge on any atom is 0.0638 e. The minimum absolute atomic E-state index is 0.0449. The molecular formula is C16H25N3O2. The number of aryl methyl sites for hydroxylation is 1. The Morgan fingerprint density at radius 3 is 3.19 bits per heavy atom. The molecular weight excluding hydrogens is 266 g/mol. The predicted octanol–water partition coefficient (Wildman–Crippen LogP) is 1.21. The molecule has 2 fully saturated rings. The van der Waals surface area contributed by atoms with Crippen molar-refractivity contribution in [2.24, 2.45) is 11.3 Å². The van der Waals surface area contributed by atoms with Crippen LogP contribution < -0.4 is 0 Å². The van der Waals surface area contributed by atoms with Gasteiger partial charge in [-0.15, -0.1) is 6.58 Å². The quantitative estimate of drug-likeness (QED) is 0.829. The highest BCUT2D eigenvalue weighted by atomic mass is 16.5. The first-order valence-electron chi connectivity index (χ1n) is 7.71. The van der Waals surface area contributed by atoms with Gasteiger partial charge in [-0.2, -0.15) is 5.10 Å². The van der Waals surface area contributed by atoms with Crippen LogP contribution in [0.25, 0.3) is 0 Å². The molecule has 5 nitrogen and oxygen atoms in total. The third-order valence-electron chi connectivity index (χ3n) is 5.02. The summed E-state index contributed by atoms with van der Waals surface area (Å²) >= 11 is 0. The van der Waals surface area contributed by atoms with E-state index in [1.807, 2.05) is 10.8 Å². The van der Waals surface area contributed by atoms with Crippen LogP contribution in [0.3, 0.4) is 0 Å². The summed E-state index contributed by atoms with van der Waals surface area (Å²) in [6.07, 6.45) is 4.94. The van der Waals surface area contributed by atoms with Crippen molar-refractivity contribution in [2.45, 2.75) is 26.4 Å². The summed E-state index contributed by atoms with van der Waals surface area (Å²) < 4.78 is 7.54. The first-order valence-corrected chi connectivity index (χ1v) is 7.71. The Hall–Kier alpha value is -1.17. The molecule has 0 radical (unpaired) electrons. The van der Waals surface area contributed by atoms with Crippen LogP contribution in [0.5, 0.6) is 0 Å². The van der Waals surface area contributed by atoms with Gasteiger partial charge in [0, 0.05) is 49.3 Å². The number of aliphatic hydroxyl groups is 1. The van der Waals surface area contributed by atoms with Gasteiger partial charge in [0.1, 0.15) is 0 Å². The van der Waals surface area contributed by atoms with Crippen molar-refractivity contribution in [3.05, 3.63) is 30.1 Å². The van der Waals surface area contributed by atoms with Crippen LogP contribution in [-0.2, 0) is 17.8 Å². The van der Waals surface area contributed by atoms with Gasteiger partial charge in [0.15, 0.2) is 0 Å². The second-order valence-corrected chi connectivity index (χ2v) is 6.46. The summed E-state index contributed by atoms with van der Waals surface area (Å²) in [7, 11) is 0. The highest BCUT2D eigenvalue weighted by molar-refractivity contribution is 5.16. The van der Waals surface area contributed by atoms with Gasteiger partial charge >= 0.3 is 0 Å². The number of nitrogens with zero attached hydrogens (tertiary/aromatic N) is 3. The highest BCUT2D eigenvalue weighted by Crippen LogP contribution is 2.42. The zero-order valence-electron chi connectivity index (χ0n) is 12.8. The van der Waals surface area contributed by atoms with Crippen LogP contribution in [0.15, 0.2) is 18.9 Å². The Balaban J connectivity index is 1.70. The highest BCUT2D eigenvalue weighted by Gasteiger charge is 2.47. The Morgan fingerprint density at radius 2 is 2.48 bits per heavy atom. The summed E-state index contributed by atoms with van der Waals surface area (Å²) in [6, 6.07) is 0. The molecule has 2 saturated heterocycles. The largest absolute Gasteiger partial charge is 0.396 e. The molecule has 0 amide bonds. The zero-order chi connectivity index (χ0) is 14.9. The topological polar surface area (TPSA) is 50.5 Å². The van der Waals surface area contributed by atoms with Crippen LogP contribution in [0, 0.1) is 18.3 Å². The van der Waals surface area contributed by atoms with E-state index in [1.54, 1.807) is 0 Å². The van der Waals surface area contributed by atoms with Crippen molar-refractivity contribution < 1.29 is 9.84 Å². The van der Waals surface area contributed by atoms with Gasteiger partial charge < -0.3 is 9.84 Å². The number of allylic oxidation sites excluding steroid dienone is 1. The Morgan fingerprint density at radius 1 is 1.62 bits per heavy atom. The first-order chi connectivity index (χ1) is 10.2. The third kappa shape index (κ3) is 2.78. The van der Waals surface area contributed by atoms with Crippen LogP contribution in [-0.4, -0.2) is 52.7 Å². The Bertz CT molecular complexity index is 514. The number of hydrogen-bond donors (Lipinski definition) is 1. The molecule has 1 aromatic heterocycles. The average molecular weight is 291 g/mol. The maximum absolute atomic E-state index is 9.85. The molecule has 21 heavy (non-hydrogen) atoms. The standard InChI is InChI=1S/C16H25N3O2/c1-3-5-19-8-14(13(2)17-19)7-18-9-15-10-21-6-4-16(15,11-18)12-20/h3,8,15,20H,1,4-7,9-12H2,2H3/t15-,16-/m1/s1. The second-order valence-electron chi connectivity index (χ2n) is 6.46. The van der Waals surface area contributed by atoms with Gasteiger partial charge in [0.2, 0.25) is 0 Å². The van der Waals surface area contributed by atoms with E-state index in [0.29, 0.717) is 5.92 Å². The minimum atomic E-state index is 0.0449. The van der Waals surface area contributed by atoms with Crippen molar-refractivity contribution in [3.8, 4) is 0 Å². The van der Waals surface area contributed by atoms with Crippen LogP contribution >= 0.6 is 0 Å². The molecule has 0 bridgehead atoms. The fourth-order valence-corrected chi connectivity index (χ4v) is 3.72. The number of rotatable bonds is 5. The predicted molar refractivity (Wildman–Crippen MR) is 80.9 cm³/mol. The van der Waals surface area contributed by atoms with Crippen molar-refractivity contribution >= 4 is 0 Å². The molecule has 0 unspecified atom stereocenters. The van der Waals surface area contributed by atoms with Gasteiger partial charge in [-0.25, -0.2) is 0 Å². The van der Waals surface area contributed by atoms with E-state index in [-0.39, 0.29) is 12.0 Å². The number of fused-ring (bicyclic) bond motifs is 1. The molecule has 2 atom stereocenters. The third-order valence-corrected chi connectivity index (χ3v) is 5.02. The summed E-state index contributed by atoms with van der Waals surface area (Å²) in [5.74, 6) is 0.458. The fourth-order valence-electron chi connectivity index (χ4n) is 3.72. The fraction of sp³-hybridized carbons (Fsp3) is 0.688. The first kappa shape index (κ1) is 14.8. The van der Waals surface area contributed by atoms with Crippen LogP contribution in [0.4, 0.5) is 0 Å². The van der Waals surface area contributed by atoms with Crippen molar-refractivity contribution in [1.29, 1.82) is 0 Å². The van der Waals surface area contributed by atoms with Crippen LogP contribution in [0.1, 0.15) is 17.7 Å². The second kappa shape index (κ2) is 5.91. The molecule has 0 spiro atoms. The molecule has 1 aromatic rings. The average Bonchev–Trinajstić information content (AvgIpc) is 3.00. The lowest BCUT2D eigenvalue weighted by molar-refractivity contribution is -0.0417. The minimum Gasteiger partial charge on any atom is -0.396 e. The molecule has 2 aliphatic heterocycles. The van der Waals surface area contributed by atoms with Crippen molar-refractivity contribution in [3.63, 3.8) is 0 Å².